The average Bonchev–Trinajstić information content (AvgIpc) is 2.84. The Kier molecular flexibility index (Phi) is 4.71. The number of benzene rings is 1. The van der Waals surface area contributed by atoms with E-state index in [4.69, 9.17) is 9.63 Å². The zero-order valence-electron chi connectivity index (χ0n) is 11.8. The van der Waals surface area contributed by atoms with Gasteiger partial charge in [0.05, 0.1) is 11.5 Å². The lowest BCUT2D eigenvalue weighted by atomic mass is 10.2. The summed E-state index contributed by atoms with van der Waals surface area (Å²) in [7, 11) is -3.64. The Hall–Kier alpha value is -1.77. The van der Waals surface area contributed by atoms with Gasteiger partial charge >= 0.3 is 0 Å². The first-order chi connectivity index (χ1) is 9.92. The maximum Gasteiger partial charge on any atom is 0.240 e. The highest BCUT2D eigenvalue weighted by atomic mass is 32.2. The summed E-state index contributed by atoms with van der Waals surface area (Å²) in [6.45, 7) is 3.36. The lowest BCUT2D eigenvalue weighted by Crippen LogP contribution is -2.26. The Morgan fingerprint density at radius 2 is 2.10 bits per heavy atom. The summed E-state index contributed by atoms with van der Waals surface area (Å²) < 4.78 is 31.9. The molecule has 0 fully saturated rings. The van der Waals surface area contributed by atoms with Crippen LogP contribution in [0.4, 0.5) is 0 Å². The maximum atomic E-state index is 12.3. The first-order valence-corrected chi connectivity index (χ1v) is 7.90. The quantitative estimate of drug-likeness (QED) is 0.813. The predicted octanol–water partition coefficient (Wildman–Crippen LogP) is 0.700. The molecule has 0 saturated carbocycles. The molecule has 1 heterocycles. The van der Waals surface area contributed by atoms with Crippen molar-refractivity contribution in [2.45, 2.75) is 31.8 Å². The predicted molar refractivity (Wildman–Crippen MR) is 75.0 cm³/mol. The number of nitrogens with zero attached hydrogens (tertiary/aromatic N) is 2. The summed E-state index contributed by atoms with van der Waals surface area (Å²) >= 11 is 0. The second-order valence-electron chi connectivity index (χ2n) is 4.64. The van der Waals surface area contributed by atoms with Crippen molar-refractivity contribution in [2.24, 2.45) is 0 Å². The van der Waals surface area contributed by atoms with E-state index >= 15 is 0 Å². The van der Waals surface area contributed by atoms with Gasteiger partial charge in [-0.3, -0.25) is 0 Å². The van der Waals surface area contributed by atoms with Crippen molar-refractivity contribution in [3.63, 3.8) is 0 Å². The molecule has 0 radical (unpaired) electrons. The number of rotatable bonds is 6. The fraction of sp³-hybridized carbons (Fsp3) is 0.385. The van der Waals surface area contributed by atoms with Crippen molar-refractivity contribution in [2.75, 3.05) is 6.54 Å². The van der Waals surface area contributed by atoms with Gasteiger partial charge in [-0.05, 0) is 31.0 Å². The zero-order valence-corrected chi connectivity index (χ0v) is 12.6. The first kappa shape index (κ1) is 15.6. The standard InChI is InChI=1S/C13H17N3O4S/c1-9-3-4-11(8-17)7-12(9)21(18,19)14-6-5-13-15-10(2)16-20-13/h3-4,7,14,17H,5-6,8H2,1-2H3. The van der Waals surface area contributed by atoms with Crippen LogP contribution in [0.1, 0.15) is 22.8 Å². The number of aromatic nitrogens is 2. The molecule has 0 bridgehead atoms. The molecule has 0 atom stereocenters. The van der Waals surface area contributed by atoms with E-state index < -0.39 is 10.0 Å². The minimum absolute atomic E-state index is 0.159. The monoisotopic (exact) mass is 311 g/mol. The average molecular weight is 311 g/mol. The molecule has 114 valence electrons. The summed E-state index contributed by atoms with van der Waals surface area (Å²) in [6, 6.07) is 4.82. The molecule has 0 aliphatic carbocycles. The van der Waals surface area contributed by atoms with Gasteiger partial charge in [0, 0.05) is 13.0 Å². The zero-order chi connectivity index (χ0) is 15.5. The van der Waals surface area contributed by atoms with Gasteiger partial charge in [0.25, 0.3) is 0 Å². The molecule has 1 aromatic heterocycles. The van der Waals surface area contributed by atoms with Crippen molar-refractivity contribution >= 4 is 10.0 Å². The van der Waals surface area contributed by atoms with E-state index in [2.05, 4.69) is 14.9 Å². The Morgan fingerprint density at radius 1 is 1.33 bits per heavy atom. The summed E-state index contributed by atoms with van der Waals surface area (Å²) in [5.41, 5.74) is 1.17. The molecule has 0 unspecified atom stereocenters. The van der Waals surface area contributed by atoms with Gasteiger partial charge in [0.2, 0.25) is 15.9 Å². The number of hydrogen-bond acceptors (Lipinski definition) is 6. The van der Waals surface area contributed by atoms with Gasteiger partial charge in [-0.1, -0.05) is 17.3 Å². The molecule has 21 heavy (non-hydrogen) atoms. The van der Waals surface area contributed by atoms with Gasteiger partial charge in [-0.25, -0.2) is 13.1 Å². The van der Waals surface area contributed by atoms with Crippen LogP contribution in [0.15, 0.2) is 27.6 Å². The van der Waals surface area contributed by atoms with Crippen LogP contribution < -0.4 is 4.72 Å². The topological polar surface area (TPSA) is 105 Å². The van der Waals surface area contributed by atoms with E-state index in [1.165, 1.54) is 6.07 Å². The largest absolute Gasteiger partial charge is 0.392 e. The molecule has 0 saturated heterocycles. The third kappa shape index (κ3) is 3.87. The molecule has 2 rings (SSSR count). The lowest BCUT2D eigenvalue weighted by molar-refractivity contribution is 0.281. The first-order valence-electron chi connectivity index (χ1n) is 6.41. The van der Waals surface area contributed by atoms with Crippen molar-refractivity contribution in [1.29, 1.82) is 0 Å². The number of aliphatic hydroxyl groups is 1. The van der Waals surface area contributed by atoms with Crippen LogP contribution >= 0.6 is 0 Å². The Labute approximate surface area is 123 Å². The molecule has 2 aromatic rings. The van der Waals surface area contributed by atoms with Crippen molar-refractivity contribution in [3.8, 4) is 0 Å². The van der Waals surface area contributed by atoms with E-state index in [0.29, 0.717) is 29.3 Å². The number of aryl methyl sites for hydroxylation is 2. The number of hydrogen-bond donors (Lipinski definition) is 2. The highest BCUT2D eigenvalue weighted by Gasteiger charge is 2.17. The number of nitrogens with one attached hydrogen (secondary N) is 1. The third-order valence-electron chi connectivity index (χ3n) is 2.93. The SMILES string of the molecule is Cc1noc(CCNS(=O)(=O)c2cc(CO)ccc2C)n1. The van der Waals surface area contributed by atoms with Gasteiger partial charge < -0.3 is 9.63 Å². The summed E-state index contributed by atoms with van der Waals surface area (Å²) in [4.78, 5) is 4.17. The third-order valence-corrected chi connectivity index (χ3v) is 4.53. The molecule has 1 aromatic carbocycles. The molecule has 0 aliphatic rings. The van der Waals surface area contributed by atoms with Crippen molar-refractivity contribution in [3.05, 3.63) is 41.0 Å². The Morgan fingerprint density at radius 3 is 2.71 bits per heavy atom. The number of sulfonamides is 1. The summed E-state index contributed by atoms with van der Waals surface area (Å²) in [5, 5.41) is 12.7. The second-order valence-corrected chi connectivity index (χ2v) is 6.38. The highest BCUT2D eigenvalue weighted by Crippen LogP contribution is 2.17. The molecule has 0 amide bonds. The van der Waals surface area contributed by atoms with Crippen LogP contribution in [0, 0.1) is 13.8 Å². The molecule has 8 heteroatoms. The fourth-order valence-corrected chi connectivity index (χ4v) is 3.17. The van der Waals surface area contributed by atoms with Crippen LogP contribution in [-0.2, 0) is 23.1 Å². The van der Waals surface area contributed by atoms with Crippen LogP contribution in [-0.4, -0.2) is 30.2 Å². The van der Waals surface area contributed by atoms with Gasteiger partial charge in [-0.15, -0.1) is 0 Å². The fourth-order valence-electron chi connectivity index (χ4n) is 1.84. The van der Waals surface area contributed by atoms with Crippen LogP contribution in [0.3, 0.4) is 0 Å². The van der Waals surface area contributed by atoms with Crippen molar-refractivity contribution in [1.82, 2.24) is 14.9 Å². The van der Waals surface area contributed by atoms with Crippen LogP contribution in [0.5, 0.6) is 0 Å². The van der Waals surface area contributed by atoms with Gasteiger partial charge in [0.15, 0.2) is 5.82 Å². The van der Waals surface area contributed by atoms with Crippen LogP contribution in [0.25, 0.3) is 0 Å². The van der Waals surface area contributed by atoms with E-state index in [1.807, 2.05) is 0 Å². The van der Waals surface area contributed by atoms with Gasteiger partial charge in [-0.2, -0.15) is 4.98 Å². The lowest BCUT2D eigenvalue weighted by Gasteiger charge is -2.09. The number of aliphatic hydroxyl groups excluding tert-OH is 1. The molecular weight excluding hydrogens is 294 g/mol. The molecular formula is C13H17N3O4S. The minimum atomic E-state index is -3.64. The van der Waals surface area contributed by atoms with Crippen molar-refractivity contribution < 1.29 is 18.0 Å². The second kappa shape index (κ2) is 6.33. The maximum absolute atomic E-state index is 12.3. The van der Waals surface area contributed by atoms with Crippen LogP contribution in [0.2, 0.25) is 0 Å². The van der Waals surface area contributed by atoms with E-state index in [9.17, 15) is 8.42 Å². The normalized spacial score (nSPS) is 11.8. The van der Waals surface area contributed by atoms with E-state index in [-0.39, 0.29) is 18.0 Å². The summed E-state index contributed by atoms with van der Waals surface area (Å²) in [5.74, 6) is 0.898. The molecule has 7 nitrogen and oxygen atoms in total. The smallest absolute Gasteiger partial charge is 0.240 e. The van der Waals surface area contributed by atoms with E-state index in [1.54, 1.807) is 26.0 Å². The summed E-state index contributed by atoms with van der Waals surface area (Å²) in [6.07, 6.45) is 0.318. The van der Waals surface area contributed by atoms with Gasteiger partial charge in [0.1, 0.15) is 0 Å². The Balaban J connectivity index is 2.07. The highest BCUT2D eigenvalue weighted by molar-refractivity contribution is 7.89. The molecule has 0 aliphatic heterocycles. The molecule has 0 spiro atoms. The Bertz CT molecular complexity index is 725. The molecule has 2 N–H and O–H groups in total. The minimum Gasteiger partial charge on any atom is -0.392 e. The van der Waals surface area contributed by atoms with E-state index in [0.717, 1.165) is 0 Å².